The molecular weight excluding hydrogens is 412 g/mol. The van der Waals surface area contributed by atoms with Crippen molar-refractivity contribution in [3.8, 4) is 5.75 Å². The number of amides is 1. The molecule has 7 heteroatoms. The van der Waals surface area contributed by atoms with E-state index in [4.69, 9.17) is 21.7 Å². The van der Waals surface area contributed by atoms with E-state index in [-0.39, 0.29) is 23.6 Å². The number of unbranched alkanes of at least 4 members (excludes halogenated alkanes) is 3. The predicted octanol–water partition coefficient (Wildman–Crippen LogP) is 4.93. The molecule has 1 amide bonds. The molecule has 0 fully saturated rings. The van der Waals surface area contributed by atoms with Gasteiger partial charge in [0.05, 0.1) is 12.2 Å². The summed E-state index contributed by atoms with van der Waals surface area (Å²) in [5.74, 6) is -0.0361. The molecule has 0 spiro atoms. The number of carbonyl (C=O) groups is 2. The number of esters is 1. The van der Waals surface area contributed by atoms with Crippen LogP contribution in [0.1, 0.15) is 54.1 Å². The molecule has 31 heavy (non-hydrogen) atoms. The number of rotatable bonds is 10. The molecule has 0 aliphatic carbocycles. The van der Waals surface area contributed by atoms with Crippen LogP contribution < -0.4 is 15.4 Å². The molecule has 0 saturated heterocycles. The number of hydrogen-bond donors (Lipinski definition) is 2. The first kappa shape index (κ1) is 24.3. The predicted molar refractivity (Wildman–Crippen MR) is 127 cm³/mol. The number of hydrogen-bond acceptors (Lipinski definition) is 5. The molecule has 166 valence electrons. The topological polar surface area (TPSA) is 76.7 Å². The SMILES string of the molecule is CCCCCCOC(=O)c1ccc(NC(=S)NC(=O)COc2cc(C)ccc2C)cc1. The van der Waals surface area contributed by atoms with Gasteiger partial charge in [0.25, 0.3) is 5.91 Å². The Morgan fingerprint density at radius 2 is 1.74 bits per heavy atom. The summed E-state index contributed by atoms with van der Waals surface area (Å²) in [7, 11) is 0. The second-order valence-corrected chi connectivity index (χ2v) is 7.74. The largest absolute Gasteiger partial charge is 0.483 e. The van der Waals surface area contributed by atoms with Crippen LogP contribution in [0, 0.1) is 13.8 Å². The molecule has 0 aliphatic rings. The van der Waals surface area contributed by atoms with E-state index in [0.29, 0.717) is 23.6 Å². The molecule has 6 nitrogen and oxygen atoms in total. The second-order valence-electron chi connectivity index (χ2n) is 7.33. The first-order valence-corrected chi connectivity index (χ1v) is 10.9. The Bertz CT molecular complexity index is 897. The third-order valence-corrected chi connectivity index (χ3v) is 4.77. The molecule has 0 saturated carbocycles. The second kappa shape index (κ2) is 12.7. The molecule has 2 aromatic carbocycles. The van der Waals surface area contributed by atoms with E-state index < -0.39 is 0 Å². The van der Waals surface area contributed by atoms with Crippen LogP contribution in [0.5, 0.6) is 5.75 Å². The normalized spacial score (nSPS) is 10.3. The lowest BCUT2D eigenvalue weighted by Crippen LogP contribution is -2.37. The van der Waals surface area contributed by atoms with Crippen LogP contribution in [-0.2, 0) is 9.53 Å². The van der Waals surface area contributed by atoms with Gasteiger partial charge in [-0.3, -0.25) is 10.1 Å². The summed E-state index contributed by atoms with van der Waals surface area (Å²) in [5.41, 5.74) is 3.14. The monoisotopic (exact) mass is 442 g/mol. The molecule has 0 aliphatic heterocycles. The molecule has 2 rings (SSSR count). The summed E-state index contributed by atoms with van der Waals surface area (Å²) in [5, 5.41) is 5.65. The number of ether oxygens (including phenoxy) is 2. The lowest BCUT2D eigenvalue weighted by molar-refractivity contribution is -0.121. The van der Waals surface area contributed by atoms with Gasteiger partial charge in [-0.15, -0.1) is 0 Å². The van der Waals surface area contributed by atoms with E-state index >= 15 is 0 Å². The standard InChI is InChI=1S/C24H30N2O4S/c1-4-5-6-7-14-29-23(28)19-10-12-20(13-11-19)25-24(31)26-22(27)16-30-21-15-17(2)8-9-18(21)3/h8-13,15H,4-7,14,16H2,1-3H3,(H2,25,26,27,31). The van der Waals surface area contributed by atoms with Crippen molar-refractivity contribution in [2.24, 2.45) is 0 Å². The smallest absolute Gasteiger partial charge is 0.338 e. The van der Waals surface area contributed by atoms with Crippen LogP contribution in [-0.4, -0.2) is 30.2 Å². The van der Waals surface area contributed by atoms with E-state index in [9.17, 15) is 9.59 Å². The third-order valence-electron chi connectivity index (χ3n) is 4.56. The summed E-state index contributed by atoms with van der Waals surface area (Å²) >= 11 is 5.18. The summed E-state index contributed by atoms with van der Waals surface area (Å²) in [6.45, 7) is 6.31. The van der Waals surface area contributed by atoms with Gasteiger partial charge < -0.3 is 14.8 Å². The van der Waals surface area contributed by atoms with Gasteiger partial charge in [0, 0.05) is 5.69 Å². The fourth-order valence-electron chi connectivity index (χ4n) is 2.80. The van der Waals surface area contributed by atoms with Crippen molar-refractivity contribution in [3.63, 3.8) is 0 Å². The van der Waals surface area contributed by atoms with Gasteiger partial charge in [0.2, 0.25) is 0 Å². The Hall–Kier alpha value is -2.93. The lowest BCUT2D eigenvalue weighted by atomic mass is 10.1. The van der Waals surface area contributed by atoms with Crippen molar-refractivity contribution in [1.29, 1.82) is 0 Å². The zero-order valence-corrected chi connectivity index (χ0v) is 19.1. The molecule has 2 aromatic rings. The molecule has 0 aromatic heterocycles. The Morgan fingerprint density at radius 1 is 1.00 bits per heavy atom. The van der Waals surface area contributed by atoms with E-state index in [1.54, 1.807) is 24.3 Å². The minimum absolute atomic E-state index is 0.144. The van der Waals surface area contributed by atoms with Crippen LogP contribution in [0.4, 0.5) is 5.69 Å². The summed E-state index contributed by atoms with van der Waals surface area (Å²) < 4.78 is 10.8. The first-order valence-electron chi connectivity index (χ1n) is 10.5. The first-order chi connectivity index (χ1) is 14.9. The Balaban J connectivity index is 1.75. The summed E-state index contributed by atoms with van der Waals surface area (Å²) in [4.78, 5) is 24.1. The van der Waals surface area contributed by atoms with E-state index in [0.717, 1.165) is 36.8 Å². The highest BCUT2D eigenvalue weighted by atomic mass is 32.1. The van der Waals surface area contributed by atoms with E-state index in [1.165, 1.54) is 0 Å². The van der Waals surface area contributed by atoms with Crippen molar-refractivity contribution < 1.29 is 19.1 Å². The average Bonchev–Trinajstić information content (AvgIpc) is 2.74. The molecule has 2 N–H and O–H groups in total. The number of thiocarbonyl (C=S) groups is 1. The summed E-state index contributed by atoms with van der Waals surface area (Å²) in [6, 6.07) is 12.5. The number of benzene rings is 2. The molecule has 0 atom stereocenters. The van der Waals surface area contributed by atoms with Gasteiger partial charge in [-0.1, -0.05) is 38.3 Å². The number of nitrogens with one attached hydrogen (secondary N) is 2. The zero-order valence-electron chi connectivity index (χ0n) is 18.3. The van der Waals surface area contributed by atoms with Gasteiger partial charge in [-0.25, -0.2) is 4.79 Å². The van der Waals surface area contributed by atoms with Crippen LogP contribution in [0.15, 0.2) is 42.5 Å². The minimum atomic E-state index is -0.360. The molecule has 0 bridgehead atoms. The highest BCUT2D eigenvalue weighted by Gasteiger charge is 2.10. The minimum Gasteiger partial charge on any atom is -0.483 e. The van der Waals surface area contributed by atoms with Crippen LogP contribution >= 0.6 is 12.2 Å². The molecule has 0 heterocycles. The van der Waals surface area contributed by atoms with E-state index in [1.807, 2.05) is 32.0 Å². The van der Waals surface area contributed by atoms with Crippen LogP contribution in [0.25, 0.3) is 0 Å². The molecular formula is C24H30N2O4S. The number of carbonyl (C=O) groups excluding carboxylic acids is 2. The van der Waals surface area contributed by atoms with Gasteiger partial charge in [0.1, 0.15) is 5.75 Å². The van der Waals surface area contributed by atoms with Crippen molar-refractivity contribution in [1.82, 2.24) is 5.32 Å². The highest BCUT2D eigenvalue weighted by Crippen LogP contribution is 2.18. The highest BCUT2D eigenvalue weighted by molar-refractivity contribution is 7.80. The maximum absolute atomic E-state index is 12.1. The van der Waals surface area contributed by atoms with Gasteiger partial charge in [-0.05, 0) is 73.9 Å². The number of aryl methyl sites for hydroxylation is 2. The molecule has 0 radical (unpaired) electrons. The van der Waals surface area contributed by atoms with Gasteiger partial charge >= 0.3 is 5.97 Å². The lowest BCUT2D eigenvalue weighted by Gasteiger charge is -2.12. The fourth-order valence-corrected chi connectivity index (χ4v) is 3.03. The van der Waals surface area contributed by atoms with Crippen molar-refractivity contribution in [2.75, 3.05) is 18.5 Å². The van der Waals surface area contributed by atoms with Crippen molar-refractivity contribution in [3.05, 3.63) is 59.2 Å². The fraction of sp³-hybridized carbons (Fsp3) is 0.375. The Morgan fingerprint density at radius 3 is 2.45 bits per heavy atom. The van der Waals surface area contributed by atoms with Crippen molar-refractivity contribution >= 4 is 34.9 Å². The zero-order chi connectivity index (χ0) is 22.6. The van der Waals surface area contributed by atoms with Crippen LogP contribution in [0.2, 0.25) is 0 Å². The maximum Gasteiger partial charge on any atom is 0.338 e. The Kier molecular flexibility index (Phi) is 9.97. The Labute approximate surface area is 189 Å². The quantitative estimate of drug-likeness (QED) is 0.309. The summed E-state index contributed by atoms with van der Waals surface area (Å²) in [6.07, 6.45) is 4.22. The number of anilines is 1. The van der Waals surface area contributed by atoms with Gasteiger partial charge in [0.15, 0.2) is 11.7 Å². The van der Waals surface area contributed by atoms with E-state index in [2.05, 4.69) is 17.6 Å². The average molecular weight is 443 g/mol. The van der Waals surface area contributed by atoms with Crippen LogP contribution in [0.3, 0.4) is 0 Å². The third kappa shape index (κ3) is 8.76. The van der Waals surface area contributed by atoms with Gasteiger partial charge in [-0.2, -0.15) is 0 Å². The maximum atomic E-state index is 12.1. The van der Waals surface area contributed by atoms with Crippen molar-refractivity contribution in [2.45, 2.75) is 46.5 Å². The molecule has 0 unspecified atom stereocenters.